The smallest absolute Gasteiger partial charge is 0.348 e. The fourth-order valence-electron chi connectivity index (χ4n) is 3.90. The first kappa shape index (κ1) is 20.3. The molecule has 7 heteroatoms. The van der Waals surface area contributed by atoms with E-state index in [9.17, 15) is 22.0 Å². The molecule has 1 heterocycles. The fourth-order valence-corrected chi connectivity index (χ4v) is 3.90. The third-order valence-electron chi connectivity index (χ3n) is 5.63. The van der Waals surface area contributed by atoms with Crippen LogP contribution >= 0.6 is 0 Å². The van der Waals surface area contributed by atoms with Crippen molar-refractivity contribution in [3.8, 4) is 0 Å². The van der Waals surface area contributed by atoms with E-state index in [-0.39, 0.29) is 11.5 Å². The molecule has 27 heavy (non-hydrogen) atoms. The first-order valence-electron chi connectivity index (χ1n) is 9.15. The van der Waals surface area contributed by atoms with Gasteiger partial charge in [-0.3, -0.25) is 0 Å². The number of hydrogen-bond donors (Lipinski definition) is 0. The van der Waals surface area contributed by atoms with Crippen LogP contribution in [0.5, 0.6) is 0 Å². The Morgan fingerprint density at radius 3 is 1.96 bits per heavy atom. The van der Waals surface area contributed by atoms with Crippen molar-refractivity contribution in [3.63, 3.8) is 0 Å². The summed E-state index contributed by atoms with van der Waals surface area (Å²) < 4.78 is 77.7. The highest BCUT2D eigenvalue weighted by Crippen LogP contribution is 2.39. The standard InChI is InChI=1S/C20H23F5O2/c1-11-3-5-13(6-4-11)15-9-26-19(27-10-15)14-7-16(21)18(17(22)8-14)12(2)20(23,24)25/h7-8,11,13,15,19H,2-6,9-10H2,1H3. The Hall–Kier alpha value is -1.47. The highest BCUT2D eigenvalue weighted by atomic mass is 19.4. The fraction of sp³-hybridized carbons (Fsp3) is 0.600. The Kier molecular flexibility index (Phi) is 5.91. The van der Waals surface area contributed by atoms with Gasteiger partial charge in [0.1, 0.15) is 11.6 Å². The molecule has 0 atom stereocenters. The topological polar surface area (TPSA) is 18.5 Å². The third kappa shape index (κ3) is 4.51. The van der Waals surface area contributed by atoms with Gasteiger partial charge in [-0.05, 0) is 36.8 Å². The van der Waals surface area contributed by atoms with Crippen molar-refractivity contribution >= 4 is 5.57 Å². The Bertz CT molecular complexity index is 661. The summed E-state index contributed by atoms with van der Waals surface area (Å²) in [5.41, 5.74) is -2.70. The van der Waals surface area contributed by atoms with E-state index in [1.54, 1.807) is 0 Å². The van der Waals surface area contributed by atoms with Crippen LogP contribution < -0.4 is 0 Å². The van der Waals surface area contributed by atoms with Crippen molar-refractivity contribution in [2.75, 3.05) is 13.2 Å². The summed E-state index contributed by atoms with van der Waals surface area (Å²) >= 11 is 0. The highest BCUT2D eigenvalue weighted by molar-refractivity contribution is 5.68. The largest absolute Gasteiger partial charge is 0.416 e. The summed E-state index contributed by atoms with van der Waals surface area (Å²) in [6.07, 6.45) is -1.33. The molecule has 1 aliphatic carbocycles. The lowest BCUT2D eigenvalue weighted by molar-refractivity contribution is -0.214. The summed E-state index contributed by atoms with van der Waals surface area (Å²) in [5.74, 6) is -1.19. The van der Waals surface area contributed by atoms with Gasteiger partial charge in [-0.15, -0.1) is 0 Å². The van der Waals surface area contributed by atoms with Gasteiger partial charge in [0.15, 0.2) is 6.29 Å². The highest BCUT2D eigenvalue weighted by Gasteiger charge is 2.37. The molecular weight excluding hydrogens is 367 g/mol. The van der Waals surface area contributed by atoms with Crippen LogP contribution in [-0.2, 0) is 9.47 Å². The molecule has 0 bridgehead atoms. The van der Waals surface area contributed by atoms with E-state index >= 15 is 0 Å². The minimum Gasteiger partial charge on any atom is -0.348 e. The molecule has 2 fully saturated rings. The maximum Gasteiger partial charge on any atom is 0.416 e. The van der Waals surface area contributed by atoms with Crippen LogP contribution in [0.4, 0.5) is 22.0 Å². The number of ether oxygens (including phenoxy) is 2. The summed E-state index contributed by atoms with van der Waals surface area (Å²) in [5, 5.41) is 0. The minimum atomic E-state index is -4.91. The van der Waals surface area contributed by atoms with E-state index in [0.29, 0.717) is 19.1 Å². The van der Waals surface area contributed by atoms with Crippen molar-refractivity contribution in [2.45, 2.75) is 45.1 Å². The second kappa shape index (κ2) is 7.87. The molecule has 1 aliphatic heterocycles. The monoisotopic (exact) mass is 390 g/mol. The molecule has 3 rings (SSSR count). The normalized spacial score (nSPS) is 29.6. The van der Waals surface area contributed by atoms with Gasteiger partial charge in [-0.2, -0.15) is 13.2 Å². The Morgan fingerprint density at radius 2 is 1.48 bits per heavy atom. The second-order valence-corrected chi connectivity index (χ2v) is 7.61. The summed E-state index contributed by atoms with van der Waals surface area (Å²) in [6, 6.07) is 1.64. The lowest BCUT2D eigenvalue weighted by atomic mass is 9.76. The molecular formula is C20H23F5O2. The molecule has 0 amide bonds. The van der Waals surface area contributed by atoms with Gasteiger partial charge in [0.25, 0.3) is 0 Å². The molecule has 1 aromatic carbocycles. The van der Waals surface area contributed by atoms with Crippen LogP contribution in [-0.4, -0.2) is 19.4 Å². The number of benzene rings is 1. The summed E-state index contributed by atoms with van der Waals surface area (Å²) in [6.45, 7) is 5.81. The quantitative estimate of drug-likeness (QED) is 0.587. The molecule has 2 nitrogen and oxygen atoms in total. The van der Waals surface area contributed by atoms with Gasteiger partial charge >= 0.3 is 6.18 Å². The molecule has 0 unspecified atom stereocenters. The van der Waals surface area contributed by atoms with Gasteiger partial charge < -0.3 is 9.47 Å². The Labute approximate surface area is 155 Å². The van der Waals surface area contributed by atoms with Gasteiger partial charge in [0, 0.05) is 11.5 Å². The molecule has 1 saturated heterocycles. The van der Waals surface area contributed by atoms with Crippen molar-refractivity contribution in [1.82, 2.24) is 0 Å². The van der Waals surface area contributed by atoms with E-state index in [0.717, 1.165) is 30.9 Å². The third-order valence-corrected chi connectivity index (χ3v) is 5.63. The molecule has 0 radical (unpaired) electrons. The summed E-state index contributed by atoms with van der Waals surface area (Å²) in [7, 11) is 0. The zero-order chi connectivity index (χ0) is 19.8. The number of halogens is 5. The lowest BCUT2D eigenvalue weighted by Gasteiger charge is -2.37. The Morgan fingerprint density at radius 1 is 0.963 bits per heavy atom. The Balaban J connectivity index is 1.67. The van der Waals surface area contributed by atoms with Crippen molar-refractivity contribution < 1.29 is 31.4 Å². The molecule has 1 saturated carbocycles. The number of rotatable bonds is 3. The van der Waals surface area contributed by atoms with E-state index < -0.39 is 35.2 Å². The van der Waals surface area contributed by atoms with E-state index in [1.165, 1.54) is 12.8 Å². The molecule has 0 N–H and O–H groups in total. The molecule has 1 aromatic rings. The SMILES string of the molecule is C=C(c1c(F)cc(C2OCC(C3CCC(C)CC3)CO2)cc1F)C(F)(F)F. The van der Waals surface area contributed by atoms with Gasteiger partial charge in [0.05, 0.1) is 24.4 Å². The van der Waals surface area contributed by atoms with Gasteiger partial charge in [0.2, 0.25) is 0 Å². The maximum absolute atomic E-state index is 14.1. The maximum atomic E-state index is 14.1. The second-order valence-electron chi connectivity index (χ2n) is 7.61. The molecule has 150 valence electrons. The van der Waals surface area contributed by atoms with E-state index in [4.69, 9.17) is 9.47 Å². The lowest BCUT2D eigenvalue weighted by Crippen LogP contribution is -2.34. The molecule has 2 aliphatic rings. The average Bonchev–Trinajstić information content (AvgIpc) is 2.61. The van der Waals surface area contributed by atoms with E-state index in [2.05, 4.69) is 13.5 Å². The van der Waals surface area contributed by atoms with Crippen molar-refractivity contribution in [3.05, 3.63) is 41.5 Å². The summed E-state index contributed by atoms with van der Waals surface area (Å²) in [4.78, 5) is 0. The van der Waals surface area contributed by atoms with Crippen LogP contribution in [0.3, 0.4) is 0 Å². The number of alkyl halides is 3. The van der Waals surface area contributed by atoms with Crippen LogP contribution in [0.15, 0.2) is 18.7 Å². The van der Waals surface area contributed by atoms with Gasteiger partial charge in [-0.1, -0.05) is 26.3 Å². The first-order chi connectivity index (χ1) is 12.7. The predicted molar refractivity (Wildman–Crippen MR) is 90.7 cm³/mol. The average molecular weight is 390 g/mol. The van der Waals surface area contributed by atoms with Crippen LogP contribution in [0, 0.1) is 29.4 Å². The minimum absolute atomic E-state index is 0.0273. The van der Waals surface area contributed by atoms with Crippen LogP contribution in [0.2, 0.25) is 0 Å². The van der Waals surface area contributed by atoms with Gasteiger partial charge in [-0.25, -0.2) is 8.78 Å². The van der Waals surface area contributed by atoms with Crippen LogP contribution in [0.25, 0.3) is 5.57 Å². The van der Waals surface area contributed by atoms with Crippen molar-refractivity contribution in [1.29, 1.82) is 0 Å². The number of hydrogen-bond acceptors (Lipinski definition) is 2. The number of allylic oxidation sites excluding steroid dienone is 1. The zero-order valence-corrected chi connectivity index (χ0v) is 15.1. The zero-order valence-electron chi connectivity index (χ0n) is 15.1. The van der Waals surface area contributed by atoms with E-state index in [1.807, 2.05) is 0 Å². The van der Waals surface area contributed by atoms with Crippen molar-refractivity contribution in [2.24, 2.45) is 17.8 Å². The predicted octanol–water partition coefficient (Wildman–Crippen LogP) is 6.03. The molecule has 0 spiro atoms. The van der Waals surface area contributed by atoms with Crippen LogP contribution in [0.1, 0.15) is 50.0 Å². The molecule has 0 aromatic heterocycles. The first-order valence-corrected chi connectivity index (χ1v) is 9.15.